The Labute approximate surface area is 80.8 Å². The van der Waals surface area contributed by atoms with Gasteiger partial charge in [-0.05, 0) is 19.9 Å². The van der Waals surface area contributed by atoms with Gasteiger partial charge in [0.2, 0.25) is 0 Å². The van der Waals surface area contributed by atoms with E-state index in [-0.39, 0.29) is 0 Å². The van der Waals surface area contributed by atoms with E-state index in [9.17, 15) is 0 Å². The third-order valence-corrected chi connectivity index (χ3v) is 3.48. The summed E-state index contributed by atoms with van der Waals surface area (Å²) in [5.41, 5.74) is 5.44. The zero-order chi connectivity index (χ0) is 8.97. The topological polar surface area (TPSA) is 51.8 Å². The molecule has 0 fully saturated rings. The lowest BCUT2D eigenvalue weighted by molar-refractivity contribution is 0.821. The van der Waals surface area contributed by atoms with Crippen LogP contribution in [0.3, 0.4) is 0 Å². The minimum Gasteiger partial charge on any atom is -0.330 e. The van der Waals surface area contributed by atoms with Crippen LogP contribution < -0.4 is 5.73 Å². The van der Waals surface area contributed by atoms with E-state index in [1.165, 1.54) is 0 Å². The first-order chi connectivity index (χ1) is 5.72. The monoisotopic (exact) mass is 203 g/mol. The molecular weight excluding hydrogens is 190 g/mol. The molecule has 5 heteroatoms. The van der Waals surface area contributed by atoms with E-state index in [1.54, 1.807) is 23.1 Å². The van der Waals surface area contributed by atoms with Gasteiger partial charge < -0.3 is 5.73 Å². The third-order valence-electron chi connectivity index (χ3n) is 1.38. The Kier molecular flexibility index (Phi) is 3.97. The van der Waals surface area contributed by atoms with Crippen LogP contribution in [-0.4, -0.2) is 22.0 Å². The predicted octanol–water partition coefficient (Wildman–Crippen LogP) is 1.68. The number of thioether (sulfide) groups is 1. The second kappa shape index (κ2) is 4.79. The molecule has 68 valence electrons. The van der Waals surface area contributed by atoms with Crippen molar-refractivity contribution in [1.82, 2.24) is 10.2 Å². The molecule has 0 spiro atoms. The van der Waals surface area contributed by atoms with Crippen LogP contribution >= 0.6 is 23.1 Å². The van der Waals surface area contributed by atoms with Crippen LogP contribution in [0, 0.1) is 6.92 Å². The van der Waals surface area contributed by atoms with Gasteiger partial charge in [0.05, 0.1) is 0 Å². The second-order valence-electron chi connectivity index (χ2n) is 2.59. The lowest BCUT2D eigenvalue weighted by Gasteiger charge is -2.04. The summed E-state index contributed by atoms with van der Waals surface area (Å²) in [4.78, 5) is 0. The fourth-order valence-electron chi connectivity index (χ4n) is 0.792. The Morgan fingerprint density at radius 2 is 2.33 bits per heavy atom. The van der Waals surface area contributed by atoms with Gasteiger partial charge in [0.15, 0.2) is 4.34 Å². The van der Waals surface area contributed by atoms with Crippen molar-refractivity contribution in [2.75, 3.05) is 6.54 Å². The molecule has 0 bridgehead atoms. The summed E-state index contributed by atoms with van der Waals surface area (Å²) in [5.74, 6) is 0. The standard InChI is InChI=1S/C7H13N3S2/c1-5(3-4-8)11-7-10-9-6(2)12-7/h5H,3-4,8H2,1-2H3. The number of aryl methyl sites for hydroxylation is 1. The van der Waals surface area contributed by atoms with Crippen molar-refractivity contribution in [1.29, 1.82) is 0 Å². The molecule has 1 heterocycles. The molecule has 0 amide bonds. The van der Waals surface area contributed by atoms with E-state index < -0.39 is 0 Å². The Morgan fingerprint density at radius 1 is 1.58 bits per heavy atom. The van der Waals surface area contributed by atoms with Gasteiger partial charge >= 0.3 is 0 Å². The van der Waals surface area contributed by atoms with Gasteiger partial charge in [-0.25, -0.2) is 0 Å². The highest BCUT2D eigenvalue weighted by Gasteiger charge is 2.06. The van der Waals surface area contributed by atoms with Gasteiger partial charge in [-0.2, -0.15) is 0 Å². The first-order valence-corrected chi connectivity index (χ1v) is 5.59. The maximum absolute atomic E-state index is 5.44. The molecule has 0 aliphatic carbocycles. The molecule has 0 saturated heterocycles. The average Bonchev–Trinajstić information content (AvgIpc) is 2.36. The van der Waals surface area contributed by atoms with Crippen molar-refractivity contribution in [2.45, 2.75) is 29.9 Å². The van der Waals surface area contributed by atoms with E-state index in [1.807, 2.05) is 6.92 Å². The van der Waals surface area contributed by atoms with Crippen molar-refractivity contribution >= 4 is 23.1 Å². The molecule has 0 aliphatic heterocycles. The number of nitrogens with zero attached hydrogens (tertiary/aromatic N) is 2. The number of hydrogen-bond donors (Lipinski definition) is 1. The Hall–Kier alpha value is -0.130. The molecular formula is C7H13N3S2. The van der Waals surface area contributed by atoms with Crippen LogP contribution in [0.2, 0.25) is 0 Å². The summed E-state index contributed by atoms with van der Waals surface area (Å²) < 4.78 is 1.05. The van der Waals surface area contributed by atoms with E-state index in [0.717, 1.165) is 22.3 Å². The van der Waals surface area contributed by atoms with Gasteiger partial charge in [0.25, 0.3) is 0 Å². The van der Waals surface area contributed by atoms with Crippen LogP contribution in [0.1, 0.15) is 18.4 Å². The first kappa shape index (κ1) is 9.95. The largest absolute Gasteiger partial charge is 0.330 e. The van der Waals surface area contributed by atoms with Gasteiger partial charge in [-0.15, -0.1) is 10.2 Å². The molecule has 1 unspecified atom stereocenters. The highest BCUT2D eigenvalue weighted by atomic mass is 32.2. The normalized spacial score (nSPS) is 13.2. The van der Waals surface area contributed by atoms with Gasteiger partial charge in [0.1, 0.15) is 5.01 Å². The number of rotatable bonds is 4. The SMILES string of the molecule is Cc1nnc(SC(C)CCN)s1. The third kappa shape index (κ3) is 3.08. The van der Waals surface area contributed by atoms with Crippen molar-refractivity contribution in [3.8, 4) is 0 Å². The summed E-state index contributed by atoms with van der Waals surface area (Å²) in [5, 5.41) is 9.54. The molecule has 2 N–H and O–H groups in total. The molecule has 0 aliphatic rings. The van der Waals surface area contributed by atoms with Crippen molar-refractivity contribution in [3.05, 3.63) is 5.01 Å². The zero-order valence-corrected chi connectivity index (χ0v) is 8.91. The molecule has 1 rings (SSSR count). The summed E-state index contributed by atoms with van der Waals surface area (Å²) in [6.07, 6.45) is 1.03. The number of aromatic nitrogens is 2. The van der Waals surface area contributed by atoms with Crippen LogP contribution in [0.4, 0.5) is 0 Å². The second-order valence-corrected chi connectivity index (χ2v) is 5.46. The Bertz CT molecular complexity index is 236. The van der Waals surface area contributed by atoms with E-state index >= 15 is 0 Å². The molecule has 1 aromatic heterocycles. The Morgan fingerprint density at radius 3 is 2.83 bits per heavy atom. The number of hydrogen-bond acceptors (Lipinski definition) is 5. The van der Waals surface area contributed by atoms with E-state index in [4.69, 9.17) is 5.73 Å². The Balaban J connectivity index is 2.41. The van der Waals surface area contributed by atoms with Crippen LogP contribution in [0.5, 0.6) is 0 Å². The number of nitrogens with two attached hydrogens (primary N) is 1. The zero-order valence-electron chi connectivity index (χ0n) is 7.28. The highest BCUT2D eigenvalue weighted by Crippen LogP contribution is 2.27. The van der Waals surface area contributed by atoms with Crippen LogP contribution in [-0.2, 0) is 0 Å². The summed E-state index contributed by atoms with van der Waals surface area (Å²) in [7, 11) is 0. The summed E-state index contributed by atoms with van der Waals surface area (Å²) in [6.45, 7) is 4.87. The fraction of sp³-hybridized carbons (Fsp3) is 0.714. The van der Waals surface area contributed by atoms with Crippen molar-refractivity contribution < 1.29 is 0 Å². The van der Waals surface area contributed by atoms with E-state index in [2.05, 4.69) is 17.1 Å². The maximum atomic E-state index is 5.44. The maximum Gasteiger partial charge on any atom is 0.174 e. The molecule has 0 aromatic carbocycles. The van der Waals surface area contributed by atoms with Crippen LogP contribution in [0.25, 0.3) is 0 Å². The van der Waals surface area contributed by atoms with Gasteiger partial charge in [-0.3, -0.25) is 0 Å². The first-order valence-electron chi connectivity index (χ1n) is 3.89. The quantitative estimate of drug-likeness (QED) is 0.756. The minimum absolute atomic E-state index is 0.544. The summed E-state index contributed by atoms with van der Waals surface area (Å²) >= 11 is 3.40. The molecule has 1 aromatic rings. The van der Waals surface area contributed by atoms with Crippen molar-refractivity contribution in [3.63, 3.8) is 0 Å². The minimum atomic E-state index is 0.544. The lowest BCUT2D eigenvalue weighted by Crippen LogP contribution is -2.06. The highest BCUT2D eigenvalue weighted by molar-refractivity contribution is 8.01. The van der Waals surface area contributed by atoms with Gasteiger partial charge in [0, 0.05) is 5.25 Å². The smallest absolute Gasteiger partial charge is 0.174 e. The average molecular weight is 203 g/mol. The lowest BCUT2D eigenvalue weighted by atomic mass is 10.3. The van der Waals surface area contributed by atoms with Crippen molar-refractivity contribution in [2.24, 2.45) is 5.73 Å². The van der Waals surface area contributed by atoms with E-state index in [0.29, 0.717) is 5.25 Å². The molecule has 3 nitrogen and oxygen atoms in total. The van der Waals surface area contributed by atoms with Crippen LogP contribution in [0.15, 0.2) is 4.34 Å². The van der Waals surface area contributed by atoms with Gasteiger partial charge in [-0.1, -0.05) is 30.0 Å². The molecule has 12 heavy (non-hydrogen) atoms. The molecule has 0 radical (unpaired) electrons. The fourth-order valence-corrected chi connectivity index (χ4v) is 2.94. The predicted molar refractivity (Wildman–Crippen MR) is 53.6 cm³/mol. The summed E-state index contributed by atoms with van der Waals surface area (Å²) in [6, 6.07) is 0. The molecule has 1 atom stereocenters. The molecule has 0 saturated carbocycles.